The van der Waals surface area contributed by atoms with Gasteiger partial charge in [0, 0.05) is 24.3 Å². The van der Waals surface area contributed by atoms with Crippen LogP contribution in [-0.4, -0.2) is 6.79 Å². The Bertz CT molecular complexity index is 449. The van der Waals surface area contributed by atoms with Crippen LogP contribution in [0.4, 0.5) is 0 Å². The highest BCUT2D eigenvalue weighted by atomic mass is 16.1. The maximum absolute atomic E-state index is 8.00. The lowest BCUT2D eigenvalue weighted by molar-refractivity contribution is -0.693. The monoisotopic (exact) mass is 230 g/mol. The van der Waals surface area contributed by atoms with Gasteiger partial charge in [-0.25, -0.2) is 9.13 Å². The van der Waals surface area contributed by atoms with E-state index in [-0.39, 0.29) is 0 Å². The molecule has 0 saturated heterocycles. The van der Waals surface area contributed by atoms with E-state index in [0.717, 1.165) is 6.54 Å². The average molecular weight is 230 g/mol. The van der Waals surface area contributed by atoms with Crippen LogP contribution in [0.5, 0.6) is 0 Å². The van der Waals surface area contributed by atoms with Gasteiger partial charge in [0.2, 0.25) is 0 Å². The van der Waals surface area contributed by atoms with Crippen molar-refractivity contribution in [2.75, 3.05) is 0 Å². The first-order valence-corrected chi connectivity index (χ1v) is 5.53. The second-order valence-corrected chi connectivity index (χ2v) is 3.67. The summed E-state index contributed by atoms with van der Waals surface area (Å²) in [7, 11) is 2.03. The number of pyridine rings is 2. The third kappa shape index (κ3) is 3.48. The molecule has 0 saturated carbocycles. The van der Waals surface area contributed by atoms with Gasteiger partial charge >= 0.3 is 0 Å². The van der Waals surface area contributed by atoms with Gasteiger partial charge in [-0.2, -0.15) is 0 Å². The van der Waals surface area contributed by atoms with Crippen LogP contribution in [0.3, 0.4) is 0 Å². The Hall–Kier alpha value is -2.03. The molecule has 88 valence electrons. The number of hydrogen-bond donors (Lipinski definition) is 0. The van der Waals surface area contributed by atoms with Crippen LogP contribution in [0.1, 0.15) is 6.92 Å². The Morgan fingerprint density at radius 2 is 1.35 bits per heavy atom. The van der Waals surface area contributed by atoms with E-state index in [4.69, 9.17) is 4.79 Å². The van der Waals surface area contributed by atoms with E-state index in [0.29, 0.717) is 0 Å². The van der Waals surface area contributed by atoms with Crippen molar-refractivity contribution in [2.45, 2.75) is 13.5 Å². The molecule has 0 fully saturated rings. The molecule has 0 bridgehead atoms. The largest absolute Gasteiger partial charge is 0.307 e. The van der Waals surface area contributed by atoms with Crippen LogP contribution in [0, 0.1) is 0 Å². The van der Waals surface area contributed by atoms with Crippen molar-refractivity contribution >= 4 is 6.79 Å². The van der Waals surface area contributed by atoms with Gasteiger partial charge in [0.1, 0.15) is 20.4 Å². The quantitative estimate of drug-likeness (QED) is 0.714. The normalized spacial score (nSPS) is 9.29. The lowest BCUT2D eigenvalue weighted by Crippen LogP contribution is -2.30. The van der Waals surface area contributed by atoms with Crippen molar-refractivity contribution in [1.29, 1.82) is 0 Å². The molecule has 0 radical (unpaired) electrons. The highest BCUT2D eigenvalue weighted by Crippen LogP contribution is 2.15. The molecular formula is C14H18N2O+2. The number of rotatable bonds is 2. The van der Waals surface area contributed by atoms with Gasteiger partial charge in [-0.05, 0) is 18.1 Å². The summed E-state index contributed by atoms with van der Waals surface area (Å²) in [5.41, 5.74) is 2.52. The molecule has 0 aromatic carbocycles. The highest BCUT2D eigenvalue weighted by molar-refractivity contribution is 5.60. The van der Waals surface area contributed by atoms with E-state index < -0.39 is 0 Å². The lowest BCUT2D eigenvalue weighted by atomic mass is 10.1. The van der Waals surface area contributed by atoms with Crippen LogP contribution in [0.15, 0.2) is 49.1 Å². The molecule has 0 aliphatic rings. The van der Waals surface area contributed by atoms with Gasteiger partial charge in [-0.15, -0.1) is 0 Å². The SMILES string of the molecule is C=O.CC[n+]1ccc(-c2cc[n+](C)cc2)cc1. The first-order chi connectivity index (χ1) is 8.29. The summed E-state index contributed by atoms with van der Waals surface area (Å²) in [5, 5.41) is 0. The zero-order valence-corrected chi connectivity index (χ0v) is 10.3. The molecule has 2 rings (SSSR count). The third-order valence-electron chi connectivity index (χ3n) is 2.57. The minimum absolute atomic E-state index is 1.02. The molecule has 0 aliphatic carbocycles. The van der Waals surface area contributed by atoms with Crippen molar-refractivity contribution in [3.8, 4) is 11.1 Å². The Morgan fingerprint density at radius 3 is 1.76 bits per heavy atom. The number of aryl methyl sites for hydroxylation is 2. The predicted octanol–water partition coefficient (Wildman–Crippen LogP) is 1.30. The van der Waals surface area contributed by atoms with Gasteiger partial charge in [-0.1, -0.05) is 0 Å². The summed E-state index contributed by atoms with van der Waals surface area (Å²) >= 11 is 0. The van der Waals surface area contributed by atoms with Crippen LogP contribution in [0.25, 0.3) is 11.1 Å². The molecule has 2 heterocycles. The van der Waals surface area contributed by atoms with Crippen molar-refractivity contribution in [1.82, 2.24) is 0 Å². The second kappa shape index (κ2) is 6.53. The Balaban J connectivity index is 0.000000686. The summed E-state index contributed by atoms with van der Waals surface area (Å²) in [6.45, 7) is 5.16. The molecule has 3 nitrogen and oxygen atoms in total. The molecule has 0 unspecified atom stereocenters. The molecule has 0 spiro atoms. The summed E-state index contributed by atoms with van der Waals surface area (Å²) in [5.74, 6) is 0. The van der Waals surface area contributed by atoms with Gasteiger partial charge in [0.15, 0.2) is 24.8 Å². The Labute approximate surface area is 102 Å². The second-order valence-electron chi connectivity index (χ2n) is 3.67. The van der Waals surface area contributed by atoms with E-state index in [1.165, 1.54) is 11.1 Å². The Morgan fingerprint density at radius 1 is 0.941 bits per heavy atom. The molecule has 2 aromatic heterocycles. The number of carbonyl (C=O) groups is 1. The number of nitrogens with zero attached hydrogens (tertiary/aromatic N) is 2. The molecule has 3 heteroatoms. The zero-order chi connectivity index (χ0) is 12.7. The van der Waals surface area contributed by atoms with Gasteiger partial charge in [0.05, 0.1) is 0 Å². The third-order valence-corrected chi connectivity index (χ3v) is 2.57. The van der Waals surface area contributed by atoms with Crippen LogP contribution in [-0.2, 0) is 18.4 Å². The topological polar surface area (TPSA) is 24.8 Å². The molecular weight excluding hydrogens is 212 g/mol. The van der Waals surface area contributed by atoms with Crippen LogP contribution >= 0.6 is 0 Å². The summed E-state index contributed by atoms with van der Waals surface area (Å²) in [4.78, 5) is 8.00. The van der Waals surface area contributed by atoms with E-state index >= 15 is 0 Å². The molecule has 17 heavy (non-hydrogen) atoms. The summed E-state index contributed by atoms with van der Waals surface area (Å²) in [6, 6.07) is 8.56. The first kappa shape index (κ1) is 13.0. The van der Waals surface area contributed by atoms with E-state index in [1.807, 2.05) is 18.4 Å². The number of carbonyl (C=O) groups excluding carboxylic acids is 1. The number of hydrogen-bond acceptors (Lipinski definition) is 1. The van der Waals surface area contributed by atoms with E-state index in [2.05, 4.69) is 60.5 Å². The van der Waals surface area contributed by atoms with Crippen molar-refractivity contribution in [2.24, 2.45) is 7.05 Å². The van der Waals surface area contributed by atoms with E-state index in [9.17, 15) is 0 Å². The average Bonchev–Trinajstić information content (AvgIpc) is 2.42. The van der Waals surface area contributed by atoms with Crippen LogP contribution in [0.2, 0.25) is 0 Å². The minimum atomic E-state index is 1.02. The first-order valence-electron chi connectivity index (χ1n) is 5.53. The van der Waals surface area contributed by atoms with E-state index in [1.54, 1.807) is 0 Å². The molecule has 0 aliphatic heterocycles. The standard InChI is InChI=1S/C13H16N2.CH2O/c1-3-15-10-6-13(7-11-15)12-4-8-14(2)9-5-12;1-2/h4-11H,3H2,1-2H3;1H2/q+2;. The fourth-order valence-electron chi connectivity index (χ4n) is 1.55. The molecule has 0 N–H and O–H groups in total. The maximum atomic E-state index is 8.00. The minimum Gasteiger partial charge on any atom is -0.307 e. The van der Waals surface area contributed by atoms with Crippen molar-refractivity contribution in [3.05, 3.63) is 49.1 Å². The predicted molar refractivity (Wildman–Crippen MR) is 66.0 cm³/mol. The molecule has 2 aromatic rings. The molecule has 0 amide bonds. The fraction of sp³-hybridized carbons (Fsp3) is 0.214. The number of aromatic nitrogens is 2. The zero-order valence-electron chi connectivity index (χ0n) is 10.3. The molecule has 0 atom stereocenters. The summed E-state index contributed by atoms with van der Waals surface area (Å²) < 4.78 is 4.20. The smallest absolute Gasteiger partial charge is 0.169 e. The maximum Gasteiger partial charge on any atom is 0.169 e. The lowest BCUT2D eigenvalue weighted by Gasteiger charge is -1.98. The Kier molecular flexibility index (Phi) is 5.01. The summed E-state index contributed by atoms with van der Waals surface area (Å²) in [6.07, 6.45) is 8.36. The van der Waals surface area contributed by atoms with Gasteiger partial charge < -0.3 is 4.79 Å². The van der Waals surface area contributed by atoms with Crippen molar-refractivity contribution in [3.63, 3.8) is 0 Å². The fourth-order valence-corrected chi connectivity index (χ4v) is 1.55. The van der Waals surface area contributed by atoms with Crippen molar-refractivity contribution < 1.29 is 13.9 Å². The van der Waals surface area contributed by atoms with Gasteiger partial charge in [0.25, 0.3) is 0 Å². The van der Waals surface area contributed by atoms with Crippen LogP contribution < -0.4 is 9.13 Å². The van der Waals surface area contributed by atoms with Gasteiger partial charge in [-0.3, -0.25) is 0 Å². The highest BCUT2D eigenvalue weighted by Gasteiger charge is 2.02.